The largest absolute Gasteiger partial charge is 0.313 e. The van der Waals surface area contributed by atoms with Gasteiger partial charge in [-0.25, -0.2) is 0 Å². The van der Waals surface area contributed by atoms with Crippen LogP contribution in [0.3, 0.4) is 0 Å². The number of allylic oxidation sites excluding steroid dienone is 2. The van der Waals surface area contributed by atoms with E-state index in [0.29, 0.717) is 0 Å². The van der Waals surface area contributed by atoms with Gasteiger partial charge in [-0.05, 0) is 12.3 Å². The zero-order valence-corrected chi connectivity index (χ0v) is 14.4. The highest BCUT2D eigenvalue weighted by atomic mass is 35.5. The molecule has 0 spiro atoms. The second-order valence-electron chi connectivity index (χ2n) is 5.66. The quantitative estimate of drug-likeness (QED) is 0.349. The second kappa shape index (κ2) is 4.23. The number of hydrogen-bond donors (Lipinski definition) is 0. The van der Waals surface area contributed by atoms with Gasteiger partial charge >= 0.3 is 11.8 Å². The van der Waals surface area contributed by atoms with Crippen LogP contribution in [0.2, 0.25) is 0 Å². The number of fused-ring (bicyclic) bond motifs is 2. The highest BCUT2D eigenvalue weighted by Gasteiger charge is 2.84. The summed E-state index contributed by atoms with van der Waals surface area (Å²) in [6, 6.07) is 0. The number of rotatable bonds is 1. The molecule has 3 rings (SSSR count). The predicted molar refractivity (Wildman–Crippen MR) is 76.4 cm³/mol. The van der Waals surface area contributed by atoms with Gasteiger partial charge < -0.3 is 0 Å². The van der Waals surface area contributed by atoms with Gasteiger partial charge in [0.2, 0.25) is 0 Å². The van der Waals surface area contributed by atoms with E-state index in [1.165, 1.54) is 0 Å². The molecule has 0 saturated heterocycles. The van der Waals surface area contributed by atoms with Crippen LogP contribution in [0.1, 0.15) is 12.8 Å². The Morgan fingerprint density at radius 3 is 1.67 bits per heavy atom. The summed E-state index contributed by atoms with van der Waals surface area (Å²) in [4.78, 5) is -3.58. The average Bonchev–Trinajstić information content (AvgIpc) is 2.58. The maximum Gasteiger partial charge on any atom is 0.313 e. The molecule has 0 aromatic heterocycles. The standard InChI is InChI=1S/C11H6Cl6F4/c12-5-6(13)9(15)3(1-7(5,14)11(9,16)17)4-2-8(18,19)10(4,20)21/h3-4H,1-2H2. The van der Waals surface area contributed by atoms with Gasteiger partial charge in [0.05, 0.1) is 10.1 Å². The Bertz CT molecular complexity index is 561. The van der Waals surface area contributed by atoms with E-state index < -0.39 is 44.2 Å². The summed E-state index contributed by atoms with van der Waals surface area (Å²) < 4.78 is 51.6. The molecule has 2 fully saturated rings. The molecular formula is C11H6Cl6F4. The van der Waals surface area contributed by atoms with Crippen molar-refractivity contribution < 1.29 is 17.6 Å². The summed E-state index contributed by atoms with van der Waals surface area (Å²) in [5.41, 5.74) is 0. The van der Waals surface area contributed by atoms with Gasteiger partial charge in [-0.1, -0.05) is 46.4 Å². The van der Waals surface area contributed by atoms with E-state index in [2.05, 4.69) is 0 Å². The first-order valence-electron chi connectivity index (χ1n) is 5.82. The van der Waals surface area contributed by atoms with Gasteiger partial charge in [0.15, 0.2) is 4.33 Å². The normalized spacial score (nSPS) is 49.4. The highest BCUT2D eigenvalue weighted by Crippen LogP contribution is 2.78. The SMILES string of the molecule is FC1(F)CC(C2CC3(Cl)C(Cl)=C(Cl)C2(Cl)C3(Cl)Cl)C1(F)F. The van der Waals surface area contributed by atoms with Crippen LogP contribution in [-0.2, 0) is 0 Å². The Labute approximate surface area is 147 Å². The zero-order chi connectivity index (χ0) is 16.2. The van der Waals surface area contributed by atoms with E-state index >= 15 is 0 Å². The minimum Gasteiger partial charge on any atom is -0.200 e. The lowest BCUT2D eigenvalue weighted by molar-refractivity contribution is -0.325. The van der Waals surface area contributed by atoms with Crippen molar-refractivity contribution in [1.29, 1.82) is 0 Å². The maximum absolute atomic E-state index is 13.7. The van der Waals surface area contributed by atoms with Crippen LogP contribution in [0.25, 0.3) is 0 Å². The number of halogens is 10. The molecule has 0 nitrogen and oxygen atoms in total. The van der Waals surface area contributed by atoms with E-state index in [-0.39, 0.29) is 16.5 Å². The van der Waals surface area contributed by atoms with Crippen LogP contribution in [0.15, 0.2) is 10.1 Å². The van der Waals surface area contributed by atoms with Crippen molar-refractivity contribution in [3.63, 3.8) is 0 Å². The van der Waals surface area contributed by atoms with E-state index in [9.17, 15) is 17.6 Å². The van der Waals surface area contributed by atoms with Crippen molar-refractivity contribution >= 4 is 69.6 Å². The molecule has 0 radical (unpaired) electrons. The predicted octanol–water partition coefficient (Wildman–Crippen LogP) is 6.13. The Kier molecular flexibility index (Phi) is 3.44. The molecule has 4 unspecified atom stereocenters. The van der Waals surface area contributed by atoms with Gasteiger partial charge in [-0.15, -0.1) is 23.2 Å². The molecule has 2 bridgehead atoms. The lowest BCUT2D eigenvalue weighted by Gasteiger charge is -2.50. The molecule has 10 heteroatoms. The van der Waals surface area contributed by atoms with Gasteiger partial charge in [0, 0.05) is 12.3 Å². The molecular weight excluding hydrogens is 421 g/mol. The molecule has 0 aromatic carbocycles. The Morgan fingerprint density at radius 2 is 1.33 bits per heavy atom. The Hall–Kier alpha value is 1.20. The van der Waals surface area contributed by atoms with Crippen molar-refractivity contribution in [3.05, 3.63) is 10.1 Å². The molecule has 0 aliphatic heterocycles. The minimum absolute atomic E-state index is 0.128. The smallest absolute Gasteiger partial charge is 0.200 e. The fourth-order valence-electron chi connectivity index (χ4n) is 3.45. The molecule has 0 aromatic rings. The first-order valence-corrected chi connectivity index (χ1v) is 8.09. The Balaban J connectivity index is 2.07. The van der Waals surface area contributed by atoms with E-state index in [1.54, 1.807) is 0 Å². The topological polar surface area (TPSA) is 0 Å². The molecule has 2 saturated carbocycles. The van der Waals surface area contributed by atoms with Crippen molar-refractivity contribution in [1.82, 2.24) is 0 Å². The Morgan fingerprint density at radius 1 is 0.810 bits per heavy atom. The summed E-state index contributed by atoms with van der Waals surface area (Å²) in [7, 11) is 0. The number of alkyl halides is 8. The molecule has 3 aliphatic carbocycles. The van der Waals surface area contributed by atoms with Crippen LogP contribution in [0, 0.1) is 11.8 Å². The second-order valence-corrected chi connectivity index (χ2v) is 8.99. The van der Waals surface area contributed by atoms with Gasteiger partial charge in [0.1, 0.15) is 9.75 Å². The molecule has 120 valence electrons. The summed E-state index contributed by atoms with van der Waals surface area (Å²) in [6.07, 6.45) is -1.28. The molecule has 0 heterocycles. The van der Waals surface area contributed by atoms with Crippen LogP contribution < -0.4 is 0 Å². The lowest BCUT2D eigenvalue weighted by atomic mass is 9.65. The fraction of sp³-hybridized carbons (Fsp3) is 0.818. The third kappa shape index (κ3) is 1.59. The molecule has 0 amide bonds. The number of hydrogen-bond acceptors (Lipinski definition) is 0. The van der Waals surface area contributed by atoms with Crippen molar-refractivity contribution in [2.45, 2.75) is 38.8 Å². The van der Waals surface area contributed by atoms with Gasteiger partial charge in [-0.2, -0.15) is 17.6 Å². The van der Waals surface area contributed by atoms with Gasteiger partial charge in [-0.3, -0.25) is 0 Å². The first-order chi connectivity index (χ1) is 9.25. The first kappa shape index (κ1) is 17.0. The van der Waals surface area contributed by atoms with Gasteiger partial charge in [0.25, 0.3) is 0 Å². The van der Waals surface area contributed by atoms with Crippen LogP contribution >= 0.6 is 69.6 Å². The summed E-state index contributed by atoms with van der Waals surface area (Å²) in [6.45, 7) is 0. The lowest BCUT2D eigenvalue weighted by Crippen LogP contribution is -2.63. The average molecular weight is 427 g/mol. The van der Waals surface area contributed by atoms with Crippen LogP contribution in [0.4, 0.5) is 17.6 Å². The van der Waals surface area contributed by atoms with E-state index in [1.807, 2.05) is 0 Å². The van der Waals surface area contributed by atoms with Crippen molar-refractivity contribution in [3.8, 4) is 0 Å². The summed E-state index contributed by atoms with van der Waals surface area (Å²) in [5.74, 6) is -11.2. The van der Waals surface area contributed by atoms with Crippen LogP contribution in [-0.4, -0.2) is 25.9 Å². The summed E-state index contributed by atoms with van der Waals surface area (Å²) in [5, 5.41) is -0.385. The maximum atomic E-state index is 13.7. The molecule has 4 atom stereocenters. The minimum atomic E-state index is -4.22. The van der Waals surface area contributed by atoms with E-state index in [4.69, 9.17) is 69.6 Å². The van der Waals surface area contributed by atoms with Crippen LogP contribution in [0.5, 0.6) is 0 Å². The highest BCUT2D eigenvalue weighted by molar-refractivity contribution is 6.65. The van der Waals surface area contributed by atoms with Crippen molar-refractivity contribution in [2.75, 3.05) is 0 Å². The van der Waals surface area contributed by atoms with E-state index in [0.717, 1.165) is 0 Å². The fourth-order valence-corrected chi connectivity index (χ4v) is 6.31. The molecule has 3 aliphatic rings. The monoisotopic (exact) mass is 424 g/mol. The zero-order valence-electron chi connectivity index (χ0n) is 9.85. The summed E-state index contributed by atoms with van der Waals surface area (Å²) >= 11 is 36.8. The molecule has 0 N–H and O–H groups in total. The third-order valence-electron chi connectivity index (χ3n) is 4.74. The third-order valence-corrected chi connectivity index (χ3v) is 9.04. The molecule has 21 heavy (non-hydrogen) atoms. The van der Waals surface area contributed by atoms with Crippen molar-refractivity contribution in [2.24, 2.45) is 11.8 Å².